The third kappa shape index (κ3) is 1.29. The second-order valence-electron chi connectivity index (χ2n) is 2.81. The molecule has 0 amide bonds. The second kappa shape index (κ2) is 2.68. The van der Waals surface area contributed by atoms with Gasteiger partial charge in [-0.2, -0.15) is 0 Å². The summed E-state index contributed by atoms with van der Waals surface area (Å²) in [7, 11) is 0. The van der Waals surface area contributed by atoms with Gasteiger partial charge in [-0.1, -0.05) is 6.08 Å². The number of allylic oxidation sites excluding steroid dienone is 1. The van der Waals surface area contributed by atoms with Crippen LogP contribution in [0.1, 0.15) is 6.42 Å². The number of hydrogen-bond donors (Lipinski definition) is 1. The lowest BCUT2D eigenvalue weighted by Gasteiger charge is -2.24. The fourth-order valence-corrected chi connectivity index (χ4v) is 1.33. The minimum absolute atomic E-state index is 0.138. The average molecular weight is 153 g/mol. The van der Waals surface area contributed by atoms with Crippen LogP contribution in [0.25, 0.3) is 0 Å². The van der Waals surface area contributed by atoms with E-state index >= 15 is 0 Å². The van der Waals surface area contributed by atoms with Crippen LogP contribution in [0.2, 0.25) is 0 Å². The van der Waals surface area contributed by atoms with Crippen molar-refractivity contribution in [2.24, 2.45) is 5.73 Å². The Bertz CT molecular complexity index is 220. The first-order valence-corrected chi connectivity index (χ1v) is 3.72. The van der Waals surface area contributed by atoms with Crippen molar-refractivity contribution in [2.45, 2.75) is 12.5 Å². The topological polar surface area (TPSA) is 44.5 Å². The van der Waals surface area contributed by atoms with Gasteiger partial charge in [0.15, 0.2) is 6.79 Å². The molecule has 0 spiro atoms. The van der Waals surface area contributed by atoms with Gasteiger partial charge in [-0.25, -0.2) is 0 Å². The molecule has 1 aliphatic carbocycles. The van der Waals surface area contributed by atoms with Gasteiger partial charge >= 0.3 is 0 Å². The summed E-state index contributed by atoms with van der Waals surface area (Å²) in [5.74, 6) is 0.956. The minimum atomic E-state index is 0.138. The zero-order valence-electron chi connectivity index (χ0n) is 6.25. The Hall–Kier alpha value is -0.800. The van der Waals surface area contributed by atoms with Crippen LogP contribution < -0.4 is 5.73 Å². The van der Waals surface area contributed by atoms with E-state index in [4.69, 9.17) is 15.2 Å². The lowest BCUT2D eigenvalue weighted by Crippen LogP contribution is -2.25. The largest absolute Gasteiger partial charge is 0.468 e. The summed E-state index contributed by atoms with van der Waals surface area (Å²) in [5, 5.41) is 0. The molecule has 0 aromatic carbocycles. The van der Waals surface area contributed by atoms with Crippen molar-refractivity contribution < 1.29 is 9.47 Å². The van der Waals surface area contributed by atoms with Gasteiger partial charge in [0.1, 0.15) is 5.76 Å². The zero-order chi connectivity index (χ0) is 7.68. The van der Waals surface area contributed by atoms with E-state index in [0.29, 0.717) is 13.4 Å². The number of hydrogen-bond acceptors (Lipinski definition) is 3. The van der Waals surface area contributed by atoms with Gasteiger partial charge in [-0.05, 0) is 18.1 Å². The SMILES string of the molecule is NC1C=CC2=C(COCO2)C1. The summed E-state index contributed by atoms with van der Waals surface area (Å²) in [6.45, 7) is 1.05. The van der Waals surface area contributed by atoms with Gasteiger partial charge in [-0.15, -0.1) is 0 Å². The fraction of sp³-hybridized carbons (Fsp3) is 0.500. The summed E-state index contributed by atoms with van der Waals surface area (Å²) in [4.78, 5) is 0. The Labute approximate surface area is 65.5 Å². The summed E-state index contributed by atoms with van der Waals surface area (Å²) in [6, 6.07) is 0.138. The molecule has 2 rings (SSSR count). The van der Waals surface area contributed by atoms with Crippen molar-refractivity contribution in [3.05, 3.63) is 23.5 Å². The first-order valence-electron chi connectivity index (χ1n) is 3.72. The monoisotopic (exact) mass is 153 g/mol. The molecule has 1 unspecified atom stereocenters. The first kappa shape index (κ1) is 6.88. The van der Waals surface area contributed by atoms with Crippen LogP contribution in [0, 0.1) is 0 Å². The molecule has 2 aliphatic rings. The molecule has 11 heavy (non-hydrogen) atoms. The molecule has 0 saturated carbocycles. The number of rotatable bonds is 0. The highest BCUT2D eigenvalue weighted by atomic mass is 16.7. The van der Waals surface area contributed by atoms with Gasteiger partial charge in [0.05, 0.1) is 6.61 Å². The Morgan fingerprint density at radius 1 is 1.55 bits per heavy atom. The first-order chi connectivity index (χ1) is 5.36. The van der Waals surface area contributed by atoms with Crippen LogP contribution >= 0.6 is 0 Å². The van der Waals surface area contributed by atoms with Crippen molar-refractivity contribution in [3.63, 3.8) is 0 Å². The van der Waals surface area contributed by atoms with E-state index in [2.05, 4.69) is 0 Å². The molecule has 0 fully saturated rings. The van der Waals surface area contributed by atoms with Crippen LogP contribution in [0.5, 0.6) is 0 Å². The number of nitrogens with two attached hydrogens (primary N) is 1. The van der Waals surface area contributed by atoms with Crippen LogP contribution in [-0.4, -0.2) is 19.4 Å². The van der Waals surface area contributed by atoms with Gasteiger partial charge < -0.3 is 15.2 Å². The third-order valence-corrected chi connectivity index (χ3v) is 1.90. The summed E-state index contributed by atoms with van der Waals surface area (Å²) in [5.41, 5.74) is 6.90. The van der Waals surface area contributed by atoms with Crippen molar-refractivity contribution >= 4 is 0 Å². The lowest BCUT2D eigenvalue weighted by molar-refractivity contribution is -0.0334. The molecular weight excluding hydrogens is 142 g/mol. The molecule has 1 aliphatic heterocycles. The highest BCUT2D eigenvalue weighted by Crippen LogP contribution is 2.22. The molecule has 1 atom stereocenters. The average Bonchev–Trinajstić information content (AvgIpc) is 2.04. The fourth-order valence-electron chi connectivity index (χ4n) is 1.33. The summed E-state index contributed by atoms with van der Waals surface area (Å²) in [6.07, 6.45) is 4.77. The van der Waals surface area contributed by atoms with Crippen LogP contribution in [-0.2, 0) is 9.47 Å². The molecule has 60 valence electrons. The van der Waals surface area contributed by atoms with E-state index in [1.165, 1.54) is 5.57 Å². The van der Waals surface area contributed by atoms with Gasteiger partial charge in [0, 0.05) is 6.04 Å². The molecule has 0 aromatic rings. The van der Waals surface area contributed by atoms with Crippen molar-refractivity contribution in [1.82, 2.24) is 0 Å². The van der Waals surface area contributed by atoms with E-state index in [1.54, 1.807) is 0 Å². The molecule has 0 saturated heterocycles. The summed E-state index contributed by atoms with van der Waals surface area (Å²) >= 11 is 0. The maximum absolute atomic E-state index is 5.71. The van der Waals surface area contributed by atoms with Crippen molar-refractivity contribution in [2.75, 3.05) is 13.4 Å². The lowest BCUT2D eigenvalue weighted by atomic mass is 10.0. The van der Waals surface area contributed by atoms with E-state index < -0.39 is 0 Å². The number of ether oxygens (including phenoxy) is 2. The summed E-state index contributed by atoms with van der Waals surface area (Å²) < 4.78 is 10.4. The Morgan fingerprint density at radius 2 is 2.45 bits per heavy atom. The molecule has 3 heteroatoms. The third-order valence-electron chi connectivity index (χ3n) is 1.90. The Kier molecular flexibility index (Phi) is 1.68. The van der Waals surface area contributed by atoms with E-state index in [1.807, 2.05) is 12.2 Å². The molecule has 2 N–H and O–H groups in total. The van der Waals surface area contributed by atoms with Crippen LogP contribution in [0.3, 0.4) is 0 Å². The maximum atomic E-state index is 5.71. The normalized spacial score (nSPS) is 29.7. The van der Waals surface area contributed by atoms with Crippen LogP contribution in [0.15, 0.2) is 23.5 Å². The van der Waals surface area contributed by atoms with Crippen molar-refractivity contribution in [3.8, 4) is 0 Å². The zero-order valence-corrected chi connectivity index (χ0v) is 6.25. The molecule has 3 nitrogen and oxygen atoms in total. The van der Waals surface area contributed by atoms with E-state index in [9.17, 15) is 0 Å². The quantitative estimate of drug-likeness (QED) is 0.552. The minimum Gasteiger partial charge on any atom is -0.468 e. The Morgan fingerprint density at radius 3 is 3.36 bits per heavy atom. The molecule has 0 aromatic heterocycles. The van der Waals surface area contributed by atoms with Crippen molar-refractivity contribution in [1.29, 1.82) is 0 Å². The predicted octanol–water partition coefficient (Wildman–Crippen LogP) is 0.532. The van der Waals surface area contributed by atoms with E-state index in [0.717, 1.165) is 12.2 Å². The highest BCUT2D eigenvalue weighted by molar-refractivity contribution is 5.28. The van der Waals surface area contributed by atoms with Gasteiger partial charge in [-0.3, -0.25) is 0 Å². The van der Waals surface area contributed by atoms with E-state index in [-0.39, 0.29) is 6.04 Å². The highest BCUT2D eigenvalue weighted by Gasteiger charge is 2.17. The second-order valence-corrected chi connectivity index (χ2v) is 2.81. The van der Waals surface area contributed by atoms with Gasteiger partial charge in [0.25, 0.3) is 0 Å². The smallest absolute Gasteiger partial charge is 0.189 e. The molecular formula is C8H11NO2. The standard InChI is InChI=1S/C8H11NO2/c9-7-1-2-8-6(3-7)4-10-5-11-8/h1-2,7H,3-5,9H2. The van der Waals surface area contributed by atoms with Crippen LogP contribution in [0.4, 0.5) is 0 Å². The molecule has 1 heterocycles. The molecule has 0 bridgehead atoms. The maximum Gasteiger partial charge on any atom is 0.189 e. The molecule has 0 radical (unpaired) electrons. The van der Waals surface area contributed by atoms with Gasteiger partial charge in [0.2, 0.25) is 0 Å². The predicted molar refractivity (Wildman–Crippen MR) is 40.7 cm³/mol. The Balaban J connectivity index is 2.20.